The lowest BCUT2D eigenvalue weighted by Gasteiger charge is -2.29. The van der Waals surface area contributed by atoms with Crippen LogP contribution in [-0.2, 0) is 4.74 Å². The molecule has 0 bridgehead atoms. The van der Waals surface area contributed by atoms with Crippen molar-refractivity contribution in [2.24, 2.45) is 0 Å². The maximum absolute atomic E-state index is 12.0. The highest BCUT2D eigenvalue weighted by atomic mass is 16.6. The molecule has 0 saturated heterocycles. The van der Waals surface area contributed by atoms with Crippen LogP contribution in [-0.4, -0.2) is 18.9 Å². The molecule has 1 atom stereocenters. The van der Waals surface area contributed by atoms with Crippen molar-refractivity contribution in [3.8, 4) is 0 Å². The standard InChI is InChI=1S/C18H22N2O2/c1-4-20(17-12-8-9-14(2)13-17)15(3)22-18(21)19-16-10-6-5-7-11-16/h5-13,15H,4H2,1-3H3,(H,19,21). The Labute approximate surface area is 131 Å². The van der Waals surface area contributed by atoms with Gasteiger partial charge in [-0.25, -0.2) is 4.79 Å². The number of ether oxygens (including phenoxy) is 1. The average molecular weight is 298 g/mol. The lowest BCUT2D eigenvalue weighted by atomic mass is 10.2. The van der Waals surface area contributed by atoms with E-state index in [9.17, 15) is 4.79 Å². The topological polar surface area (TPSA) is 41.6 Å². The van der Waals surface area contributed by atoms with Crippen LogP contribution in [0.1, 0.15) is 19.4 Å². The van der Waals surface area contributed by atoms with Gasteiger partial charge in [-0.05, 0) is 50.6 Å². The van der Waals surface area contributed by atoms with E-state index in [0.717, 1.165) is 17.9 Å². The van der Waals surface area contributed by atoms with Gasteiger partial charge >= 0.3 is 6.09 Å². The fourth-order valence-corrected chi connectivity index (χ4v) is 2.34. The zero-order chi connectivity index (χ0) is 15.9. The second kappa shape index (κ2) is 7.50. The largest absolute Gasteiger partial charge is 0.425 e. The molecule has 0 fully saturated rings. The number of carbonyl (C=O) groups is 1. The highest BCUT2D eigenvalue weighted by molar-refractivity contribution is 5.84. The van der Waals surface area contributed by atoms with Crippen molar-refractivity contribution < 1.29 is 9.53 Å². The van der Waals surface area contributed by atoms with Crippen LogP contribution in [0.25, 0.3) is 0 Å². The van der Waals surface area contributed by atoms with E-state index in [-0.39, 0.29) is 6.23 Å². The van der Waals surface area contributed by atoms with E-state index in [4.69, 9.17) is 4.74 Å². The zero-order valence-electron chi connectivity index (χ0n) is 13.2. The quantitative estimate of drug-likeness (QED) is 0.831. The molecule has 1 unspecified atom stereocenters. The number of hydrogen-bond donors (Lipinski definition) is 1. The lowest BCUT2D eigenvalue weighted by molar-refractivity contribution is 0.118. The van der Waals surface area contributed by atoms with Gasteiger partial charge in [0, 0.05) is 17.9 Å². The number of amides is 1. The van der Waals surface area contributed by atoms with E-state index in [0.29, 0.717) is 0 Å². The van der Waals surface area contributed by atoms with Gasteiger partial charge in [-0.15, -0.1) is 0 Å². The summed E-state index contributed by atoms with van der Waals surface area (Å²) in [4.78, 5) is 14.0. The van der Waals surface area contributed by atoms with Crippen molar-refractivity contribution in [3.05, 3.63) is 60.2 Å². The van der Waals surface area contributed by atoms with Crippen molar-refractivity contribution in [2.75, 3.05) is 16.8 Å². The molecule has 1 N–H and O–H groups in total. The molecular weight excluding hydrogens is 276 g/mol. The molecule has 0 aliphatic rings. The molecule has 0 spiro atoms. The van der Waals surface area contributed by atoms with Gasteiger partial charge in [0.2, 0.25) is 0 Å². The van der Waals surface area contributed by atoms with Crippen molar-refractivity contribution in [3.63, 3.8) is 0 Å². The van der Waals surface area contributed by atoms with Crippen molar-refractivity contribution in [1.82, 2.24) is 0 Å². The SMILES string of the molecule is CCN(c1cccc(C)c1)C(C)OC(=O)Nc1ccccc1. The molecule has 116 valence electrons. The molecule has 0 aliphatic carbocycles. The number of carbonyl (C=O) groups excluding carboxylic acids is 1. The molecule has 0 aliphatic heterocycles. The van der Waals surface area contributed by atoms with Crippen LogP contribution in [0.5, 0.6) is 0 Å². The van der Waals surface area contributed by atoms with Crippen LogP contribution in [0.3, 0.4) is 0 Å². The van der Waals surface area contributed by atoms with Crippen LogP contribution in [0.2, 0.25) is 0 Å². The van der Waals surface area contributed by atoms with Gasteiger partial charge in [-0.1, -0.05) is 30.3 Å². The Balaban J connectivity index is 2.00. The van der Waals surface area contributed by atoms with E-state index < -0.39 is 6.09 Å². The summed E-state index contributed by atoms with van der Waals surface area (Å²) in [6.45, 7) is 6.71. The van der Waals surface area contributed by atoms with E-state index in [2.05, 4.69) is 11.4 Å². The number of anilines is 2. The molecule has 4 nitrogen and oxygen atoms in total. The number of hydrogen-bond acceptors (Lipinski definition) is 3. The van der Waals surface area contributed by atoms with Crippen LogP contribution in [0.4, 0.5) is 16.2 Å². The minimum absolute atomic E-state index is 0.351. The summed E-state index contributed by atoms with van der Waals surface area (Å²) in [7, 11) is 0. The van der Waals surface area contributed by atoms with Gasteiger partial charge in [-0.3, -0.25) is 5.32 Å². The smallest absolute Gasteiger partial charge is 0.413 e. The molecule has 2 aromatic carbocycles. The Bertz CT molecular complexity index is 613. The number of nitrogens with zero attached hydrogens (tertiary/aromatic N) is 1. The van der Waals surface area contributed by atoms with Gasteiger partial charge < -0.3 is 9.64 Å². The number of benzene rings is 2. The predicted octanol–water partition coefficient (Wildman–Crippen LogP) is 4.42. The molecule has 4 heteroatoms. The lowest BCUT2D eigenvalue weighted by Crippen LogP contribution is -2.37. The summed E-state index contributed by atoms with van der Waals surface area (Å²) in [6, 6.07) is 17.4. The number of aryl methyl sites for hydroxylation is 1. The normalized spacial score (nSPS) is 11.6. The van der Waals surface area contributed by atoms with Crippen LogP contribution < -0.4 is 10.2 Å². The highest BCUT2D eigenvalue weighted by Crippen LogP contribution is 2.19. The number of nitrogens with one attached hydrogen (secondary N) is 1. The first-order chi connectivity index (χ1) is 10.6. The van der Waals surface area contributed by atoms with E-state index in [1.165, 1.54) is 5.56 Å². The molecular formula is C18H22N2O2. The molecule has 0 heterocycles. The highest BCUT2D eigenvalue weighted by Gasteiger charge is 2.17. The fourth-order valence-electron chi connectivity index (χ4n) is 2.34. The van der Waals surface area contributed by atoms with Crippen molar-refractivity contribution in [2.45, 2.75) is 27.0 Å². The first-order valence-electron chi connectivity index (χ1n) is 7.46. The molecule has 0 saturated carbocycles. The Morgan fingerprint density at radius 2 is 1.91 bits per heavy atom. The molecule has 1 amide bonds. The molecule has 0 radical (unpaired) electrons. The van der Waals surface area contributed by atoms with E-state index in [1.807, 2.05) is 74.2 Å². The van der Waals surface area contributed by atoms with Crippen LogP contribution >= 0.6 is 0 Å². The summed E-state index contributed by atoms with van der Waals surface area (Å²) < 4.78 is 5.48. The van der Waals surface area contributed by atoms with Crippen molar-refractivity contribution in [1.29, 1.82) is 0 Å². The van der Waals surface area contributed by atoms with Gasteiger partial charge in [0.05, 0.1) is 0 Å². The van der Waals surface area contributed by atoms with Gasteiger partial charge in [0.1, 0.15) is 0 Å². The van der Waals surface area contributed by atoms with Gasteiger partial charge in [0.25, 0.3) is 0 Å². The van der Waals surface area contributed by atoms with Gasteiger partial charge in [-0.2, -0.15) is 0 Å². The maximum atomic E-state index is 12.0. The number of rotatable bonds is 5. The third kappa shape index (κ3) is 4.25. The zero-order valence-corrected chi connectivity index (χ0v) is 13.2. The number of para-hydroxylation sites is 1. The molecule has 0 aromatic heterocycles. The third-order valence-corrected chi connectivity index (χ3v) is 3.41. The maximum Gasteiger partial charge on any atom is 0.413 e. The second-order valence-electron chi connectivity index (χ2n) is 5.12. The van der Waals surface area contributed by atoms with Crippen LogP contribution in [0.15, 0.2) is 54.6 Å². The predicted molar refractivity (Wildman–Crippen MR) is 90.2 cm³/mol. The molecule has 2 rings (SSSR count). The van der Waals surface area contributed by atoms with E-state index >= 15 is 0 Å². The average Bonchev–Trinajstić information content (AvgIpc) is 2.49. The Kier molecular flexibility index (Phi) is 5.42. The van der Waals surface area contributed by atoms with E-state index in [1.54, 1.807) is 0 Å². The Morgan fingerprint density at radius 3 is 2.55 bits per heavy atom. The summed E-state index contributed by atoms with van der Waals surface area (Å²) >= 11 is 0. The molecule has 22 heavy (non-hydrogen) atoms. The molecule has 2 aromatic rings. The van der Waals surface area contributed by atoms with Crippen LogP contribution in [0, 0.1) is 6.92 Å². The summed E-state index contributed by atoms with van der Waals surface area (Å²) in [5, 5.41) is 2.73. The summed E-state index contributed by atoms with van der Waals surface area (Å²) in [6.07, 6.45) is -0.805. The van der Waals surface area contributed by atoms with Gasteiger partial charge in [0.15, 0.2) is 6.23 Å². The minimum Gasteiger partial charge on any atom is -0.425 e. The summed E-state index contributed by atoms with van der Waals surface area (Å²) in [5.74, 6) is 0. The first-order valence-corrected chi connectivity index (χ1v) is 7.46. The summed E-state index contributed by atoms with van der Waals surface area (Å²) in [5.41, 5.74) is 2.94. The monoisotopic (exact) mass is 298 g/mol. The first kappa shape index (κ1) is 15.9. The third-order valence-electron chi connectivity index (χ3n) is 3.41. The minimum atomic E-state index is -0.454. The second-order valence-corrected chi connectivity index (χ2v) is 5.12. The van der Waals surface area contributed by atoms with Crippen molar-refractivity contribution >= 4 is 17.5 Å². The Hall–Kier alpha value is -2.49. The fraction of sp³-hybridized carbons (Fsp3) is 0.278. The Morgan fingerprint density at radius 1 is 1.18 bits per heavy atom.